The number of rotatable bonds is 8. The molecule has 23 heavy (non-hydrogen) atoms. The molecule has 0 radical (unpaired) electrons. The highest BCUT2D eigenvalue weighted by Gasteiger charge is 2.17. The van der Waals surface area contributed by atoms with Crippen LogP contribution in [0, 0.1) is 0 Å². The number of aromatic nitrogens is 2. The Bertz CT molecular complexity index is 512. The summed E-state index contributed by atoms with van der Waals surface area (Å²) in [5.74, 6) is 1.31. The predicted octanol–water partition coefficient (Wildman–Crippen LogP) is 1.74. The summed E-state index contributed by atoms with van der Waals surface area (Å²) in [6.07, 6.45) is 9.78. The maximum atomic E-state index is 11.9. The maximum absolute atomic E-state index is 11.9. The lowest BCUT2D eigenvalue weighted by Crippen LogP contribution is -2.35. The number of nitrogens with one attached hydrogen (secondary N) is 1. The Morgan fingerprint density at radius 2 is 2.17 bits per heavy atom. The molecule has 1 aliphatic rings. The molecule has 1 saturated heterocycles. The second-order valence-electron chi connectivity index (χ2n) is 6.04. The average Bonchev–Trinajstić information content (AvgIpc) is 2.91. The molecule has 1 fully saturated rings. The summed E-state index contributed by atoms with van der Waals surface area (Å²) in [5.41, 5.74) is 0. The monoisotopic (exact) mass is 320 g/mol. The molecule has 2 amide bonds. The van der Waals surface area contributed by atoms with Gasteiger partial charge in [0.1, 0.15) is 5.82 Å². The second kappa shape index (κ2) is 9.33. The molecule has 0 aliphatic carbocycles. The van der Waals surface area contributed by atoms with Gasteiger partial charge in [0.15, 0.2) is 0 Å². The standard InChI is InChI=1S/C17H28N4O2/c1-2-15-18-10-14-20(15)12-6-9-19-16(22)8-13-21-11-5-3-4-7-17(21)23/h10,14H,2-9,11-13H2,1H3,(H,19,22). The summed E-state index contributed by atoms with van der Waals surface area (Å²) >= 11 is 0. The van der Waals surface area contributed by atoms with E-state index in [1.807, 2.05) is 17.3 Å². The number of amides is 2. The van der Waals surface area contributed by atoms with Gasteiger partial charge in [-0.25, -0.2) is 4.98 Å². The molecule has 0 aromatic carbocycles. The van der Waals surface area contributed by atoms with E-state index in [0.29, 0.717) is 25.9 Å². The number of hydrogen-bond acceptors (Lipinski definition) is 3. The van der Waals surface area contributed by atoms with Crippen LogP contribution in [0.1, 0.15) is 51.3 Å². The minimum atomic E-state index is 0.0309. The van der Waals surface area contributed by atoms with Gasteiger partial charge in [-0.2, -0.15) is 0 Å². The Labute approximate surface area is 138 Å². The first-order valence-electron chi connectivity index (χ1n) is 8.75. The van der Waals surface area contributed by atoms with E-state index < -0.39 is 0 Å². The van der Waals surface area contributed by atoms with Crippen LogP contribution in [0.3, 0.4) is 0 Å². The van der Waals surface area contributed by atoms with Crippen LogP contribution in [-0.4, -0.2) is 45.9 Å². The molecular weight excluding hydrogens is 292 g/mol. The van der Waals surface area contributed by atoms with E-state index >= 15 is 0 Å². The number of aryl methyl sites for hydroxylation is 2. The molecular formula is C17H28N4O2. The van der Waals surface area contributed by atoms with Gasteiger partial charge in [-0.1, -0.05) is 13.3 Å². The van der Waals surface area contributed by atoms with Crippen molar-refractivity contribution in [2.75, 3.05) is 19.6 Å². The SMILES string of the molecule is CCc1nccn1CCCNC(=O)CCN1CCCCCC1=O. The van der Waals surface area contributed by atoms with Gasteiger partial charge in [0.25, 0.3) is 0 Å². The highest BCUT2D eigenvalue weighted by atomic mass is 16.2. The van der Waals surface area contributed by atoms with Crippen molar-refractivity contribution in [1.82, 2.24) is 19.8 Å². The zero-order valence-electron chi connectivity index (χ0n) is 14.1. The highest BCUT2D eigenvalue weighted by Crippen LogP contribution is 2.11. The van der Waals surface area contributed by atoms with Crippen LogP contribution in [0.2, 0.25) is 0 Å². The quantitative estimate of drug-likeness (QED) is 0.742. The first-order chi connectivity index (χ1) is 11.2. The van der Waals surface area contributed by atoms with Crippen molar-refractivity contribution in [1.29, 1.82) is 0 Å². The van der Waals surface area contributed by atoms with Gasteiger partial charge in [-0.3, -0.25) is 9.59 Å². The molecule has 6 heteroatoms. The molecule has 2 heterocycles. The lowest BCUT2D eigenvalue weighted by molar-refractivity contribution is -0.131. The summed E-state index contributed by atoms with van der Waals surface area (Å²) < 4.78 is 2.13. The van der Waals surface area contributed by atoms with E-state index in [-0.39, 0.29) is 11.8 Å². The Hall–Kier alpha value is -1.85. The molecule has 0 bridgehead atoms. The number of carbonyl (C=O) groups is 2. The van der Waals surface area contributed by atoms with E-state index in [0.717, 1.165) is 51.0 Å². The third-order valence-corrected chi connectivity index (χ3v) is 4.30. The van der Waals surface area contributed by atoms with Gasteiger partial charge in [0.2, 0.25) is 11.8 Å². The van der Waals surface area contributed by atoms with Gasteiger partial charge in [0, 0.05) is 57.8 Å². The summed E-state index contributed by atoms with van der Waals surface area (Å²) in [4.78, 5) is 29.9. The highest BCUT2D eigenvalue weighted by molar-refractivity contribution is 5.79. The summed E-state index contributed by atoms with van der Waals surface area (Å²) in [6, 6.07) is 0. The van der Waals surface area contributed by atoms with Crippen LogP contribution in [0.5, 0.6) is 0 Å². The Kier molecular flexibility index (Phi) is 7.10. The molecule has 0 unspecified atom stereocenters. The fourth-order valence-corrected chi connectivity index (χ4v) is 2.94. The van der Waals surface area contributed by atoms with Crippen molar-refractivity contribution in [2.45, 2.75) is 58.4 Å². The number of imidazole rings is 1. The number of hydrogen-bond donors (Lipinski definition) is 1. The minimum absolute atomic E-state index is 0.0309. The van der Waals surface area contributed by atoms with Gasteiger partial charge in [0.05, 0.1) is 0 Å². The third kappa shape index (κ3) is 5.69. The lowest BCUT2D eigenvalue weighted by Gasteiger charge is -2.20. The third-order valence-electron chi connectivity index (χ3n) is 4.30. The topological polar surface area (TPSA) is 67.2 Å². The van der Waals surface area contributed by atoms with Crippen LogP contribution in [0.4, 0.5) is 0 Å². The molecule has 6 nitrogen and oxygen atoms in total. The molecule has 128 valence electrons. The zero-order valence-corrected chi connectivity index (χ0v) is 14.1. The van der Waals surface area contributed by atoms with E-state index in [1.54, 1.807) is 0 Å². The van der Waals surface area contributed by atoms with Crippen LogP contribution >= 0.6 is 0 Å². The van der Waals surface area contributed by atoms with Crippen molar-refractivity contribution >= 4 is 11.8 Å². The van der Waals surface area contributed by atoms with E-state index in [1.165, 1.54) is 0 Å². The van der Waals surface area contributed by atoms with E-state index in [2.05, 4.69) is 21.8 Å². The van der Waals surface area contributed by atoms with Crippen LogP contribution in [-0.2, 0) is 22.6 Å². The Morgan fingerprint density at radius 3 is 3.00 bits per heavy atom. The summed E-state index contributed by atoms with van der Waals surface area (Å²) in [7, 11) is 0. The summed E-state index contributed by atoms with van der Waals surface area (Å²) in [6.45, 7) is 4.96. The number of carbonyl (C=O) groups excluding carboxylic acids is 2. The number of nitrogens with zero attached hydrogens (tertiary/aromatic N) is 3. The first kappa shape index (κ1) is 17.5. The molecule has 1 aromatic heterocycles. The molecule has 0 spiro atoms. The van der Waals surface area contributed by atoms with Gasteiger partial charge >= 0.3 is 0 Å². The van der Waals surface area contributed by atoms with Crippen molar-refractivity contribution < 1.29 is 9.59 Å². The van der Waals surface area contributed by atoms with Gasteiger partial charge in [-0.15, -0.1) is 0 Å². The molecule has 1 aromatic rings. The largest absolute Gasteiger partial charge is 0.356 e. The normalized spacial score (nSPS) is 15.5. The molecule has 0 atom stereocenters. The Morgan fingerprint density at radius 1 is 1.30 bits per heavy atom. The van der Waals surface area contributed by atoms with Gasteiger partial charge in [-0.05, 0) is 19.3 Å². The smallest absolute Gasteiger partial charge is 0.222 e. The average molecular weight is 320 g/mol. The van der Waals surface area contributed by atoms with Crippen LogP contribution < -0.4 is 5.32 Å². The second-order valence-corrected chi connectivity index (χ2v) is 6.04. The van der Waals surface area contributed by atoms with Crippen molar-refractivity contribution in [3.8, 4) is 0 Å². The first-order valence-corrected chi connectivity index (χ1v) is 8.75. The fraction of sp³-hybridized carbons (Fsp3) is 0.706. The van der Waals surface area contributed by atoms with E-state index in [4.69, 9.17) is 0 Å². The molecule has 1 N–H and O–H groups in total. The van der Waals surface area contributed by atoms with Gasteiger partial charge < -0.3 is 14.8 Å². The van der Waals surface area contributed by atoms with Crippen molar-refractivity contribution in [3.05, 3.63) is 18.2 Å². The predicted molar refractivity (Wildman–Crippen MR) is 88.9 cm³/mol. The van der Waals surface area contributed by atoms with Crippen molar-refractivity contribution in [3.63, 3.8) is 0 Å². The maximum Gasteiger partial charge on any atom is 0.222 e. The fourth-order valence-electron chi connectivity index (χ4n) is 2.94. The minimum Gasteiger partial charge on any atom is -0.356 e. The van der Waals surface area contributed by atoms with E-state index in [9.17, 15) is 9.59 Å². The molecule has 1 aliphatic heterocycles. The summed E-state index contributed by atoms with van der Waals surface area (Å²) in [5, 5.41) is 2.94. The molecule has 0 saturated carbocycles. The zero-order chi connectivity index (χ0) is 16.5. The molecule has 2 rings (SSSR count). The van der Waals surface area contributed by atoms with Crippen LogP contribution in [0.25, 0.3) is 0 Å². The lowest BCUT2D eigenvalue weighted by atomic mass is 10.2. The number of likely N-dealkylation sites (tertiary alicyclic amines) is 1. The Balaban J connectivity index is 1.60. The van der Waals surface area contributed by atoms with Crippen molar-refractivity contribution in [2.24, 2.45) is 0 Å². The van der Waals surface area contributed by atoms with Crippen LogP contribution in [0.15, 0.2) is 12.4 Å².